The molecular formula is C15H13NO4. The average molecular weight is 271 g/mol. The van der Waals surface area contributed by atoms with Crippen LogP contribution >= 0.6 is 0 Å². The van der Waals surface area contributed by atoms with E-state index in [4.69, 9.17) is 10.2 Å². The highest BCUT2D eigenvalue weighted by Gasteiger charge is 2.10. The largest absolute Gasteiger partial charge is 0.502 e. The first-order chi connectivity index (χ1) is 9.56. The van der Waals surface area contributed by atoms with Crippen LogP contribution in [-0.4, -0.2) is 26.5 Å². The predicted octanol–water partition coefficient (Wildman–Crippen LogP) is 2.25. The first-order valence-corrected chi connectivity index (χ1v) is 5.94. The van der Waals surface area contributed by atoms with Crippen LogP contribution in [0.25, 0.3) is 0 Å². The normalized spacial score (nSPS) is 11.3. The lowest BCUT2D eigenvalue weighted by atomic mass is 10.2. The van der Waals surface area contributed by atoms with Crippen molar-refractivity contribution < 1.29 is 19.8 Å². The van der Waals surface area contributed by atoms with Gasteiger partial charge in [0.15, 0.2) is 5.78 Å². The molecule has 2 N–H and O–H groups in total. The second-order valence-corrected chi connectivity index (χ2v) is 4.26. The van der Waals surface area contributed by atoms with Gasteiger partial charge in [0.1, 0.15) is 0 Å². The molecule has 1 aromatic carbocycles. The topological polar surface area (TPSA) is 79.5 Å². The van der Waals surface area contributed by atoms with Gasteiger partial charge in [-0.1, -0.05) is 30.3 Å². The fourth-order valence-electron chi connectivity index (χ4n) is 1.75. The third-order valence-corrected chi connectivity index (χ3v) is 2.73. The Kier molecular flexibility index (Phi) is 4.00. The Labute approximate surface area is 115 Å². The molecule has 0 aliphatic heterocycles. The fourth-order valence-corrected chi connectivity index (χ4v) is 1.75. The van der Waals surface area contributed by atoms with E-state index in [2.05, 4.69) is 0 Å². The minimum atomic E-state index is -1.53. The van der Waals surface area contributed by atoms with E-state index in [0.717, 1.165) is 5.56 Å². The maximum Gasteiger partial charge on any atom is 0.371 e. The third kappa shape index (κ3) is 3.35. The average Bonchev–Trinajstić information content (AvgIpc) is 2.88. The van der Waals surface area contributed by atoms with Gasteiger partial charge in [0.25, 0.3) is 0 Å². The highest BCUT2D eigenvalue weighted by Crippen LogP contribution is 2.08. The SMILES string of the molecule is O=C(O)C(O)=CC(=O)c1ccn(Cc2ccccc2)c1. The van der Waals surface area contributed by atoms with Crippen molar-refractivity contribution in [2.75, 3.05) is 0 Å². The van der Waals surface area contributed by atoms with E-state index in [9.17, 15) is 9.59 Å². The number of allylic oxidation sites excluding steroid dienone is 1. The van der Waals surface area contributed by atoms with Crippen molar-refractivity contribution in [3.8, 4) is 0 Å². The van der Waals surface area contributed by atoms with Crippen LogP contribution in [0.4, 0.5) is 0 Å². The molecule has 0 aliphatic rings. The zero-order chi connectivity index (χ0) is 14.5. The van der Waals surface area contributed by atoms with Gasteiger partial charge in [-0.15, -0.1) is 0 Å². The number of hydrogen-bond acceptors (Lipinski definition) is 3. The van der Waals surface area contributed by atoms with Crippen LogP contribution in [0, 0.1) is 0 Å². The molecule has 0 saturated carbocycles. The molecule has 5 heteroatoms. The Hall–Kier alpha value is -2.82. The minimum Gasteiger partial charge on any atom is -0.502 e. The molecule has 1 heterocycles. The van der Waals surface area contributed by atoms with E-state index in [0.29, 0.717) is 18.2 Å². The van der Waals surface area contributed by atoms with E-state index in [1.807, 2.05) is 34.9 Å². The van der Waals surface area contributed by atoms with Gasteiger partial charge >= 0.3 is 5.97 Å². The summed E-state index contributed by atoms with van der Waals surface area (Å²) in [7, 11) is 0. The molecule has 1 aromatic heterocycles. The first kappa shape index (κ1) is 13.6. The van der Waals surface area contributed by atoms with Crippen molar-refractivity contribution in [3.05, 3.63) is 71.8 Å². The van der Waals surface area contributed by atoms with Crippen LogP contribution in [-0.2, 0) is 11.3 Å². The summed E-state index contributed by atoms with van der Waals surface area (Å²) >= 11 is 0. The Bertz CT molecular complexity index is 656. The molecule has 2 aromatic rings. The number of nitrogens with zero attached hydrogens (tertiary/aromatic N) is 1. The van der Waals surface area contributed by atoms with Crippen LogP contribution < -0.4 is 0 Å². The molecule has 0 bridgehead atoms. The molecule has 0 unspecified atom stereocenters. The van der Waals surface area contributed by atoms with Gasteiger partial charge in [0.2, 0.25) is 5.76 Å². The van der Waals surface area contributed by atoms with Crippen LogP contribution in [0.2, 0.25) is 0 Å². The van der Waals surface area contributed by atoms with E-state index in [1.54, 1.807) is 18.5 Å². The van der Waals surface area contributed by atoms with Gasteiger partial charge in [-0.3, -0.25) is 4.79 Å². The molecule has 0 atom stereocenters. The molecule has 102 valence electrons. The van der Waals surface area contributed by atoms with Crippen molar-refractivity contribution in [3.63, 3.8) is 0 Å². The highest BCUT2D eigenvalue weighted by atomic mass is 16.4. The maximum absolute atomic E-state index is 11.7. The van der Waals surface area contributed by atoms with Crippen molar-refractivity contribution in [2.45, 2.75) is 6.54 Å². The molecule has 2 rings (SSSR count). The van der Waals surface area contributed by atoms with Crippen molar-refractivity contribution in [1.29, 1.82) is 0 Å². The van der Waals surface area contributed by atoms with E-state index in [-0.39, 0.29) is 0 Å². The van der Waals surface area contributed by atoms with Crippen molar-refractivity contribution in [2.24, 2.45) is 0 Å². The number of aromatic nitrogens is 1. The van der Waals surface area contributed by atoms with Crippen molar-refractivity contribution in [1.82, 2.24) is 4.57 Å². The molecule has 0 fully saturated rings. The van der Waals surface area contributed by atoms with E-state index >= 15 is 0 Å². The molecule has 20 heavy (non-hydrogen) atoms. The second-order valence-electron chi connectivity index (χ2n) is 4.26. The van der Waals surface area contributed by atoms with Gasteiger partial charge in [-0.2, -0.15) is 0 Å². The number of aliphatic hydroxyl groups is 1. The summed E-state index contributed by atoms with van der Waals surface area (Å²) in [4.78, 5) is 22.1. The number of aliphatic hydroxyl groups excluding tert-OH is 1. The zero-order valence-corrected chi connectivity index (χ0v) is 10.6. The molecule has 5 nitrogen and oxygen atoms in total. The number of hydrogen-bond donors (Lipinski definition) is 2. The molecular weight excluding hydrogens is 258 g/mol. The summed E-state index contributed by atoms with van der Waals surface area (Å²) in [5.41, 5.74) is 1.42. The highest BCUT2D eigenvalue weighted by molar-refractivity contribution is 6.07. The third-order valence-electron chi connectivity index (χ3n) is 2.73. The second kappa shape index (κ2) is 5.88. The summed E-state index contributed by atoms with van der Waals surface area (Å²) in [6.45, 7) is 0.614. The van der Waals surface area contributed by atoms with Crippen LogP contribution in [0.15, 0.2) is 60.6 Å². The van der Waals surface area contributed by atoms with E-state index < -0.39 is 17.5 Å². The Balaban J connectivity index is 2.11. The first-order valence-electron chi connectivity index (χ1n) is 5.94. The summed E-state index contributed by atoms with van der Waals surface area (Å²) in [5, 5.41) is 17.5. The van der Waals surface area contributed by atoms with Crippen molar-refractivity contribution >= 4 is 11.8 Å². The molecule has 0 spiro atoms. The summed E-state index contributed by atoms with van der Waals surface area (Å²) < 4.78 is 1.81. The molecule has 0 saturated heterocycles. The number of aliphatic carboxylic acids is 1. The van der Waals surface area contributed by atoms with Gasteiger partial charge < -0.3 is 14.8 Å². The van der Waals surface area contributed by atoms with Gasteiger partial charge in [0.05, 0.1) is 0 Å². The number of rotatable bonds is 5. The van der Waals surface area contributed by atoms with Crippen LogP contribution in [0.5, 0.6) is 0 Å². The minimum absolute atomic E-state index is 0.328. The monoisotopic (exact) mass is 271 g/mol. The van der Waals surface area contributed by atoms with Crippen LogP contribution in [0.1, 0.15) is 15.9 Å². The van der Waals surface area contributed by atoms with Gasteiger partial charge in [-0.25, -0.2) is 4.79 Å². The zero-order valence-electron chi connectivity index (χ0n) is 10.6. The Morgan fingerprint density at radius 1 is 1.10 bits per heavy atom. The number of ketones is 1. The number of carboxylic acid groups (broad SMARTS) is 1. The summed E-state index contributed by atoms with van der Waals surface area (Å²) in [6, 6.07) is 11.3. The van der Waals surface area contributed by atoms with Crippen LogP contribution in [0.3, 0.4) is 0 Å². The van der Waals surface area contributed by atoms with Gasteiger partial charge in [0, 0.05) is 30.6 Å². The summed E-state index contributed by atoms with van der Waals surface area (Å²) in [5.74, 6) is -3.04. The lowest BCUT2D eigenvalue weighted by Crippen LogP contribution is -2.03. The number of carbonyl (C=O) groups excluding carboxylic acids is 1. The summed E-state index contributed by atoms with van der Waals surface area (Å²) in [6.07, 6.45) is 4.04. The Morgan fingerprint density at radius 2 is 1.80 bits per heavy atom. The Morgan fingerprint density at radius 3 is 2.45 bits per heavy atom. The maximum atomic E-state index is 11.7. The number of carboxylic acids is 1. The predicted molar refractivity (Wildman–Crippen MR) is 72.7 cm³/mol. The smallest absolute Gasteiger partial charge is 0.371 e. The lowest BCUT2D eigenvalue weighted by Gasteiger charge is -2.02. The number of benzene rings is 1. The molecule has 0 aliphatic carbocycles. The fraction of sp³-hybridized carbons (Fsp3) is 0.0667. The van der Waals surface area contributed by atoms with E-state index in [1.165, 1.54) is 0 Å². The van der Waals surface area contributed by atoms with Gasteiger partial charge in [-0.05, 0) is 11.6 Å². The standard InChI is InChI=1S/C15H13NO4/c17-13(8-14(18)15(19)20)12-6-7-16(10-12)9-11-4-2-1-3-5-11/h1-8,10,18H,9H2,(H,19,20). The molecule has 0 radical (unpaired) electrons. The molecule has 0 amide bonds. The number of carbonyl (C=O) groups is 2. The lowest BCUT2D eigenvalue weighted by molar-refractivity contribution is -0.135. The quantitative estimate of drug-likeness (QED) is 0.496.